The molecule has 3 nitrogen and oxygen atoms in total. The summed E-state index contributed by atoms with van der Waals surface area (Å²) >= 11 is 0. The van der Waals surface area contributed by atoms with Crippen LogP contribution in [-0.4, -0.2) is 22.5 Å². The van der Waals surface area contributed by atoms with Gasteiger partial charge in [0.1, 0.15) is 12.0 Å². The van der Waals surface area contributed by atoms with Crippen molar-refractivity contribution in [1.29, 1.82) is 0 Å². The zero-order valence-electron chi connectivity index (χ0n) is 8.27. The van der Waals surface area contributed by atoms with E-state index in [-0.39, 0.29) is 11.8 Å². The largest absolute Gasteiger partial charge is 0.508 e. The van der Waals surface area contributed by atoms with Crippen molar-refractivity contribution in [2.45, 2.75) is 25.6 Å². The fourth-order valence-electron chi connectivity index (χ4n) is 1.37. The molecule has 77 valence electrons. The van der Waals surface area contributed by atoms with E-state index >= 15 is 0 Å². The third-order valence-electron chi connectivity index (χ3n) is 1.96. The predicted molar refractivity (Wildman–Crippen MR) is 55.8 cm³/mol. The Kier molecular flexibility index (Phi) is 3.92. The molecule has 3 N–H and O–H groups in total. The van der Waals surface area contributed by atoms with E-state index in [1.807, 2.05) is 19.1 Å². The molecule has 2 unspecified atom stereocenters. The molecule has 0 saturated heterocycles. The molecule has 0 aromatic heterocycles. The molecule has 3 heteroatoms. The summed E-state index contributed by atoms with van der Waals surface area (Å²) in [5, 5.41) is 20.9. The third-order valence-corrected chi connectivity index (χ3v) is 1.96. The molecular formula is C11H16NO2. The Morgan fingerprint density at radius 2 is 1.93 bits per heavy atom. The first-order valence-corrected chi connectivity index (χ1v) is 4.63. The minimum atomic E-state index is -0.734. The van der Waals surface area contributed by atoms with Crippen LogP contribution >= 0.6 is 0 Å². The molecule has 0 spiro atoms. The highest BCUT2D eigenvalue weighted by atomic mass is 16.3. The van der Waals surface area contributed by atoms with Gasteiger partial charge in [-0.05, 0) is 38.0 Å². The van der Waals surface area contributed by atoms with Gasteiger partial charge in [-0.1, -0.05) is 12.1 Å². The minimum absolute atomic E-state index is 0.159. The number of aromatic hydroxyl groups is 1. The van der Waals surface area contributed by atoms with Crippen molar-refractivity contribution in [1.82, 2.24) is 5.32 Å². The van der Waals surface area contributed by atoms with Crippen LogP contribution in [0.4, 0.5) is 0 Å². The van der Waals surface area contributed by atoms with E-state index in [4.69, 9.17) is 10.2 Å². The number of phenols is 1. The van der Waals surface area contributed by atoms with E-state index in [2.05, 4.69) is 12.2 Å². The Morgan fingerprint density at radius 1 is 1.36 bits per heavy atom. The van der Waals surface area contributed by atoms with Crippen molar-refractivity contribution in [3.63, 3.8) is 0 Å². The first kappa shape index (κ1) is 11.0. The average molecular weight is 194 g/mol. The van der Waals surface area contributed by atoms with E-state index in [1.54, 1.807) is 12.1 Å². The molecule has 1 aromatic carbocycles. The van der Waals surface area contributed by atoms with Crippen molar-refractivity contribution >= 4 is 0 Å². The van der Waals surface area contributed by atoms with Crippen LogP contribution in [0.1, 0.15) is 12.5 Å². The predicted octanol–water partition coefficient (Wildman–Crippen LogP) is 1.07. The van der Waals surface area contributed by atoms with Gasteiger partial charge in [0.15, 0.2) is 0 Å². The van der Waals surface area contributed by atoms with Crippen LogP contribution in [0.5, 0.6) is 5.75 Å². The van der Waals surface area contributed by atoms with Gasteiger partial charge in [0.25, 0.3) is 0 Å². The summed E-state index contributed by atoms with van der Waals surface area (Å²) in [6.45, 7) is 5.41. The number of aliphatic hydroxyl groups excluding tert-OH is 1. The number of phenolic OH excluding ortho intramolecular Hbond substituents is 1. The molecule has 0 bridgehead atoms. The maximum absolute atomic E-state index is 9.07. The van der Waals surface area contributed by atoms with Crippen LogP contribution in [0.15, 0.2) is 24.3 Å². The summed E-state index contributed by atoms with van der Waals surface area (Å²) < 4.78 is 0. The standard InChI is InChI=1S/C11H16NO2/c1-8(12-9(2)13)7-10-3-5-11(14)6-4-10/h3-6,8-9,12-14H,2,7H2,1H3. The number of benzene rings is 1. The average Bonchev–Trinajstić information content (AvgIpc) is 2.07. The van der Waals surface area contributed by atoms with Crippen LogP contribution in [-0.2, 0) is 6.42 Å². The SMILES string of the molecule is [CH2]C(O)NC(C)Cc1ccc(O)cc1. The van der Waals surface area contributed by atoms with Gasteiger partial charge in [-0.3, -0.25) is 5.32 Å². The van der Waals surface area contributed by atoms with Crippen molar-refractivity contribution in [3.05, 3.63) is 36.8 Å². The fourth-order valence-corrected chi connectivity index (χ4v) is 1.37. The number of nitrogens with one attached hydrogen (secondary N) is 1. The number of hydrogen-bond acceptors (Lipinski definition) is 3. The van der Waals surface area contributed by atoms with Gasteiger partial charge < -0.3 is 10.2 Å². The van der Waals surface area contributed by atoms with Crippen LogP contribution in [0, 0.1) is 6.92 Å². The van der Waals surface area contributed by atoms with Crippen molar-refractivity contribution in [2.75, 3.05) is 0 Å². The van der Waals surface area contributed by atoms with Crippen molar-refractivity contribution < 1.29 is 10.2 Å². The Bertz CT molecular complexity index is 269. The summed E-state index contributed by atoms with van der Waals surface area (Å²) in [4.78, 5) is 0. The zero-order chi connectivity index (χ0) is 10.6. The van der Waals surface area contributed by atoms with Gasteiger partial charge in [-0.25, -0.2) is 0 Å². The molecule has 0 saturated carbocycles. The van der Waals surface area contributed by atoms with Crippen LogP contribution in [0.25, 0.3) is 0 Å². The smallest absolute Gasteiger partial charge is 0.115 e. The Labute approximate surface area is 84.4 Å². The van der Waals surface area contributed by atoms with E-state index in [1.165, 1.54) is 0 Å². The molecular weight excluding hydrogens is 178 g/mol. The Morgan fingerprint density at radius 3 is 2.43 bits per heavy atom. The molecule has 0 aliphatic rings. The minimum Gasteiger partial charge on any atom is -0.508 e. The highest BCUT2D eigenvalue weighted by molar-refractivity contribution is 5.26. The van der Waals surface area contributed by atoms with E-state index in [0.29, 0.717) is 0 Å². The zero-order valence-corrected chi connectivity index (χ0v) is 8.27. The topological polar surface area (TPSA) is 52.5 Å². The molecule has 0 amide bonds. The summed E-state index contributed by atoms with van der Waals surface area (Å²) in [5.41, 5.74) is 1.11. The highest BCUT2D eigenvalue weighted by Gasteiger charge is 2.05. The summed E-state index contributed by atoms with van der Waals surface area (Å²) in [6.07, 6.45) is 0.0643. The summed E-state index contributed by atoms with van der Waals surface area (Å²) in [7, 11) is 0. The third kappa shape index (κ3) is 3.77. The van der Waals surface area contributed by atoms with Crippen molar-refractivity contribution in [2.24, 2.45) is 0 Å². The molecule has 0 fully saturated rings. The fraction of sp³-hybridized carbons (Fsp3) is 0.364. The van der Waals surface area contributed by atoms with Crippen LogP contribution in [0.2, 0.25) is 0 Å². The lowest BCUT2D eigenvalue weighted by Crippen LogP contribution is -2.35. The van der Waals surface area contributed by atoms with Crippen LogP contribution < -0.4 is 5.32 Å². The second-order valence-electron chi connectivity index (χ2n) is 3.45. The molecule has 0 aliphatic heterocycles. The lowest BCUT2D eigenvalue weighted by molar-refractivity contribution is 0.168. The molecule has 1 aromatic rings. The summed E-state index contributed by atoms with van der Waals surface area (Å²) in [5.74, 6) is 0.270. The Hall–Kier alpha value is -1.06. The van der Waals surface area contributed by atoms with Crippen LogP contribution in [0.3, 0.4) is 0 Å². The molecule has 0 aliphatic carbocycles. The van der Waals surface area contributed by atoms with E-state index in [0.717, 1.165) is 12.0 Å². The molecule has 0 heterocycles. The Balaban J connectivity index is 2.47. The maximum Gasteiger partial charge on any atom is 0.115 e. The molecule has 1 rings (SSSR count). The first-order chi connectivity index (χ1) is 6.58. The quantitative estimate of drug-likeness (QED) is 0.628. The molecule has 2 atom stereocenters. The normalized spacial score (nSPS) is 15.1. The van der Waals surface area contributed by atoms with Gasteiger partial charge in [0.05, 0.1) is 0 Å². The highest BCUT2D eigenvalue weighted by Crippen LogP contribution is 2.11. The molecule has 14 heavy (non-hydrogen) atoms. The van der Waals surface area contributed by atoms with Gasteiger partial charge in [0.2, 0.25) is 0 Å². The lowest BCUT2D eigenvalue weighted by Gasteiger charge is -2.15. The molecule has 1 radical (unpaired) electrons. The second-order valence-corrected chi connectivity index (χ2v) is 3.45. The lowest BCUT2D eigenvalue weighted by atomic mass is 10.1. The van der Waals surface area contributed by atoms with Gasteiger partial charge in [0, 0.05) is 6.04 Å². The summed E-state index contributed by atoms with van der Waals surface area (Å²) in [6, 6.07) is 7.20. The van der Waals surface area contributed by atoms with Gasteiger partial charge in [-0.15, -0.1) is 0 Å². The number of hydrogen-bond donors (Lipinski definition) is 3. The van der Waals surface area contributed by atoms with Crippen molar-refractivity contribution in [3.8, 4) is 5.75 Å². The number of rotatable bonds is 4. The van der Waals surface area contributed by atoms with Gasteiger partial charge in [-0.2, -0.15) is 0 Å². The monoisotopic (exact) mass is 194 g/mol. The van der Waals surface area contributed by atoms with E-state index < -0.39 is 6.23 Å². The number of aliphatic hydroxyl groups is 1. The first-order valence-electron chi connectivity index (χ1n) is 4.63. The van der Waals surface area contributed by atoms with E-state index in [9.17, 15) is 0 Å². The van der Waals surface area contributed by atoms with Gasteiger partial charge >= 0.3 is 0 Å². The maximum atomic E-state index is 9.07. The second kappa shape index (κ2) is 4.98.